The summed E-state index contributed by atoms with van der Waals surface area (Å²) in [7, 11) is 0. The molecule has 1 saturated heterocycles. The van der Waals surface area contributed by atoms with Crippen molar-refractivity contribution in [1.29, 1.82) is 0 Å². The van der Waals surface area contributed by atoms with E-state index in [9.17, 15) is 23.6 Å². The summed E-state index contributed by atoms with van der Waals surface area (Å²) in [5.74, 6) is -1.44. The summed E-state index contributed by atoms with van der Waals surface area (Å²) in [4.78, 5) is 53.9. The van der Waals surface area contributed by atoms with E-state index in [1.54, 1.807) is 17.9 Å². The molecule has 0 bridgehead atoms. The number of benzene rings is 3. The van der Waals surface area contributed by atoms with E-state index in [1.165, 1.54) is 42.0 Å². The number of carbonyl (C=O) groups excluding carboxylic acids is 4. The Hall–Kier alpha value is -4.35. The minimum atomic E-state index is -0.576. The van der Waals surface area contributed by atoms with Crippen molar-refractivity contribution in [3.8, 4) is 11.5 Å². The van der Waals surface area contributed by atoms with E-state index in [0.29, 0.717) is 30.8 Å². The zero-order valence-electron chi connectivity index (χ0n) is 23.1. The van der Waals surface area contributed by atoms with Gasteiger partial charge in [0, 0.05) is 18.8 Å². The molecule has 0 saturated carbocycles. The first kappa shape index (κ1) is 30.1. The SMILES string of the molecule is CCOc1cc(/C=C2\SC(=O)N(CC(=O)N3CCc4ccccc4C3)C2=O)cc(Cl)c1OCC(=O)Nc1ccc(F)cc1. The lowest BCUT2D eigenvalue weighted by Gasteiger charge is -2.29. The van der Waals surface area contributed by atoms with Crippen LogP contribution in [0.4, 0.5) is 14.9 Å². The second-order valence-electron chi connectivity index (χ2n) is 9.71. The standard InChI is InChI=1S/C31H27ClFN3O6S/c1-2-41-25-14-19(13-24(32)29(25)42-18-27(37)34-23-9-7-22(33)8-10-23)15-26-30(39)36(31(40)43-26)17-28(38)35-12-11-20-5-3-4-6-21(20)16-35/h3-10,13-15H,2,11-12,16-18H2,1H3,(H,34,37)/b26-15-. The fourth-order valence-corrected chi connectivity index (χ4v) is 5.79. The van der Waals surface area contributed by atoms with E-state index in [0.717, 1.165) is 22.2 Å². The number of rotatable bonds is 9. The number of halogens is 2. The Morgan fingerprint density at radius 2 is 1.81 bits per heavy atom. The molecular weight excluding hydrogens is 597 g/mol. The molecule has 3 aromatic rings. The van der Waals surface area contributed by atoms with E-state index in [4.69, 9.17) is 21.1 Å². The smallest absolute Gasteiger partial charge is 0.294 e. The molecule has 0 spiro atoms. The number of amides is 4. The minimum absolute atomic E-state index is 0.117. The van der Waals surface area contributed by atoms with E-state index in [1.807, 2.05) is 24.3 Å². The van der Waals surface area contributed by atoms with Gasteiger partial charge in [0.25, 0.3) is 17.1 Å². The molecular formula is C31H27ClFN3O6S. The first-order valence-corrected chi connectivity index (χ1v) is 14.7. The second kappa shape index (κ2) is 13.3. The van der Waals surface area contributed by atoms with Crippen LogP contribution in [0.15, 0.2) is 65.6 Å². The summed E-state index contributed by atoms with van der Waals surface area (Å²) in [6.45, 7) is 2.23. The largest absolute Gasteiger partial charge is 0.490 e. The third kappa shape index (κ3) is 7.18. The highest BCUT2D eigenvalue weighted by molar-refractivity contribution is 8.18. The molecule has 0 atom stereocenters. The Morgan fingerprint density at radius 1 is 1.07 bits per heavy atom. The molecule has 0 aromatic heterocycles. The van der Waals surface area contributed by atoms with Crippen LogP contribution in [0.25, 0.3) is 6.08 Å². The third-order valence-electron chi connectivity index (χ3n) is 6.76. The predicted molar refractivity (Wildman–Crippen MR) is 161 cm³/mol. The Bertz CT molecular complexity index is 1610. The van der Waals surface area contributed by atoms with Crippen molar-refractivity contribution in [3.63, 3.8) is 0 Å². The molecule has 2 aliphatic heterocycles. The summed E-state index contributed by atoms with van der Waals surface area (Å²) in [5, 5.41) is 2.17. The second-order valence-corrected chi connectivity index (χ2v) is 11.1. The average molecular weight is 624 g/mol. The number of thioether (sulfide) groups is 1. The molecule has 0 unspecified atom stereocenters. The van der Waals surface area contributed by atoms with Gasteiger partial charge >= 0.3 is 0 Å². The van der Waals surface area contributed by atoms with Gasteiger partial charge in [-0.05, 0) is 84.3 Å². The van der Waals surface area contributed by atoms with Crippen molar-refractivity contribution in [3.05, 3.63) is 93.1 Å². The first-order chi connectivity index (χ1) is 20.7. The summed E-state index contributed by atoms with van der Waals surface area (Å²) in [5.41, 5.74) is 3.11. The van der Waals surface area contributed by atoms with Crippen LogP contribution in [-0.4, -0.2) is 59.1 Å². The van der Waals surface area contributed by atoms with Crippen molar-refractivity contribution in [1.82, 2.24) is 9.80 Å². The highest BCUT2D eigenvalue weighted by Gasteiger charge is 2.37. The quantitative estimate of drug-likeness (QED) is 0.313. The first-order valence-electron chi connectivity index (χ1n) is 13.5. The van der Waals surface area contributed by atoms with Gasteiger partial charge in [0.2, 0.25) is 5.91 Å². The molecule has 2 aliphatic rings. The third-order valence-corrected chi connectivity index (χ3v) is 7.94. The van der Waals surface area contributed by atoms with Gasteiger partial charge < -0.3 is 19.7 Å². The summed E-state index contributed by atoms with van der Waals surface area (Å²) in [6, 6.07) is 16.3. The van der Waals surface area contributed by atoms with Crippen LogP contribution in [0.5, 0.6) is 11.5 Å². The minimum Gasteiger partial charge on any atom is -0.490 e. The zero-order valence-corrected chi connectivity index (χ0v) is 24.7. The average Bonchev–Trinajstić information content (AvgIpc) is 3.24. The van der Waals surface area contributed by atoms with E-state index in [-0.39, 0.29) is 40.5 Å². The van der Waals surface area contributed by atoms with Crippen molar-refractivity contribution in [2.24, 2.45) is 0 Å². The van der Waals surface area contributed by atoms with Crippen LogP contribution in [0, 0.1) is 5.82 Å². The van der Waals surface area contributed by atoms with Crippen LogP contribution in [-0.2, 0) is 27.3 Å². The highest BCUT2D eigenvalue weighted by Crippen LogP contribution is 2.39. The molecule has 5 rings (SSSR count). The monoisotopic (exact) mass is 623 g/mol. The number of hydrogen-bond acceptors (Lipinski definition) is 7. The fourth-order valence-electron chi connectivity index (χ4n) is 4.67. The van der Waals surface area contributed by atoms with E-state index >= 15 is 0 Å². The summed E-state index contributed by atoms with van der Waals surface area (Å²) >= 11 is 7.21. The lowest BCUT2D eigenvalue weighted by atomic mass is 10.00. The van der Waals surface area contributed by atoms with Crippen molar-refractivity contribution >= 4 is 58.1 Å². The molecule has 1 N–H and O–H groups in total. The van der Waals surface area contributed by atoms with Crippen LogP contribution >= 0.6 is 23.4 Å². The number of imide groups is 1. The maximum Gasteiger partial charge on any atom is 0.294 e. The van der Waals surface area contributed by atoms with Gasteiger partial charge in [-0.15, -0.1) is 0 Å². The number of ether oxygens (including phenoxy) is 2. The Labute approximate surface area is 256 Å². The predicted octanol–water partition coefficient (Wildman–Crippen LogP) is 5.52. The highest BCUT2D eigenvalue weighted by atomic mass is 35.5. The van der Waals surface area contributed by atoms with E-state index < -0.39 is 29.5 Å². The van der Waals surface area contributed by atoms with Gasteiger partial charge in [-0.1, -0.05) is 35.9 Å². The van der Waals surface area contributed by atoms with E-state index in [2.05, 4.69) is 5.32 Å². The molecule has 0 radical (unpaired) electrons. The van der Waals surface area contributed by atoms with Crippen molar-refractivity contribution in [2.75, 3.05) is 31.6 Å². The van der Waals surface area contributed by atoms with Gasteiger partial charge in [0.05, 0.1) is 16.5 Å². The Kier molecular flexibility index (Phi) is 9.32. The van der Waals surface area contributed by atoms with Gasteiger partial charge in [-0.3, -0.25) is 24.1 Å². The normalized spacial score (nSPS) is 15.5. The number of fused-ring (bicyclic) bond motifs is 1. The number of nitrogens with one attached hydrogen (secondary N) is 1. The molecule has 3 aromatic carbocycles. The zero-order chi connectivity index (χ0) is 30.5. The number of hydrogen-bond donors (Lipinski definition) is 1. The molecule has 43 heavy (non-hydrogen) atoms. The number of carbonyl (C=O) groups is 4. The maximum atomic E-state index is 13.1. The van der Waals surface area contributed by atoms with Crippen molar-refractivity contribution < 1.29 is 33.0 Å². The van der Waals surface area contributed by atoms with Crippen LogP contribution in [0.1, 0.15) is 23.6 Å². The summed E-state index contributed by atoms with van der Waals surface area (Å²) < 4.78 is 24.4. The molecule has 222 valence electrons. The summed E-state index contributed by atoms with van der Waals surface area (Å²) in [6.07, 6.45) is 2.21. The van der Waals surface area contributed by atoms with Crippen LogP contribution < -0.4 is 14.8 Å². The lowest BCUT2D eigenvalue weighted by molar-refractivity contribution is -0.136. The Morgan fingerprint density at radius 3 is 2.56 bits per heavy atom. The van der Waals surface area contributed by atoms with Crippen LogP contribution in [0.3, 0.4) is 0 Å². The lowest BCUT2D eigenvalue weighted by Crippen LogP contribution is -2.44. The molecule has 0 aliphatic carbocycles. The van der Waals surface area contributed by atoms with Crippen LogP contribution in [0.2, 0.25) is 5.02 Å². The molecule has 1 fully saturated rings. The maximum absolute atomic E-state index is 13.1. The molecule has 2 heterocycles. The fraction of sp³-hybridized carbons (Fsp3) is 0.226. The van der Waals surface area contributed by atoms with Gasteiger partial charge in [-0.25, -0.2) is 4.39 Å². The van der Waals surface area contributed by atoms with Gasteiger partial charge in [-0.2, -0.15) is 0 Å². The number of anilines is 1. The molecule has 9 nitrogen and oxygen atoms in total. The molecule has 12 heteroatoms. The number of nitrogens with zero attached hydrogens (tertiary/aromatic N) is 2. The van der Waals surface area contributed by atoms with Crippen molar-refractivity contribution in [2.45, 2.75) is 19.9 Å². The van der Waals surface area contributed by atoms with Gasteiger partial charge in [0.1, 0.15) is 12.4 Å². The van der Waals surface area contributed by atoms with Gasteiger partial charge in [0.15, 0.2) is 18.1 Å². The Balaban J connectivity index is 1.25. The topological polar surface area (TPSA) is 105 Å². The molecule has 4 amide bonds.